The fourth-order valence-electron chi connectivity index (χ4n) is 3.08. The van der Waals surface area contributed by atoms with E-state index >= 15 is 0 Å². The van der Waals surface area contributed by atoms with Crippen molar-refractivity contribution in [1.29, 1.82) is 0 Å². The van der Waals surface area contributed by atoms with Crippen molar-refractivity contribution in [2.75, 3.05) is 0 Å². The summed E-state index contributed by atoms with van der Waals surface area (Å²) in [6.45, 7) is 0. The second-order valence-corrected chi connectivity index (χ2v) is 7.49. The summed E-state index contributed by atoms with van der Waals surface area (Å²) in [6, 6.07) is 10.9. The zero-order chi connectivity index (χ0) is 11.5. The molecule has 2 aliphatic rings. The molecule has 1 nitrogen and oxygen atoms in total. The predicted molar refractivity (Wildman–Crippen MR) is 71.9 cm³/mol. The third kappa shape index (κ3) is 2.93. The third-order valence-electron chi connectivity index (χ3n) is 3.95. The molecule has 2 fully saturated rings. The molecule has 0 bridgehead atoms. The van der Waals surface area contributed by atoms with Crippen molar-refractivity contribution in [3.63, 3.8) is 0 Å². The Hall–Kier alpha value is -0.301. The Balaban J connectivity index is 1.50. The molecule has 3 atom stereocenters. The molecule has 1 aromatic carbocycles. The molecule has 1 aromatic rings. The molecule has 0 spiro atoms. The van der Waals surface area contributed by atoms with Crippen molar-refractivity contribution in [1.82, 2.24) is 0 Å². The van der Waals surface area contributed by atoms with E-state index in [0.717, 1.165) is 5.92 Å². The molecule has 0 aromatic heterocycles. The van der Waals surface area contributed by atoms with Crippen molar-refractivity contribution in [3.8, 4) is 0 Å². The van der Waals surface area contributed by atoms with Gasteiger partial charge in [-0.3, -0.25) is 0 Å². The molecule has 2 heteroatoms. The summed E-state index contributed by atoms with van der Waals surface area (Å²) in [5.41, 5.74) is 0. The van der Waals surface area contributed by atoms with Gasteiger partial charge in [0.05, 0.1) is 0 Å². The van der Waals surface area contributed by atoms with E-state index in [1.165, 1.54) is 41.9 Å². The third-order valence-corrected chi connectivity index (χ3v) is 6.35. The summed E-state index contributed by atoms with van der Waals surface area (Å²) in [7, 11) is 0. The van der Waals surface area contributed by atoms with Crippen molar-refractivity contribution >= 4 is 19.4 Å². The summed E-state index contributed by atoms with van der Waals surface area (Å²) in [6.07, 6.45) is 8.06. The van der Waals surface area contributed by atoms with Crippen LogP contribution < -0.4 is 4.46 Å². The second kappa shape index (κ2) is 5.56. The van der Waals surface area contributed by atoms with E-state index in [4.69, 9.17) is 4.74 Å². The standard InChI is InChI=1S/C15H20OSe/c1-2-7-14(8-3-1)17-11-13-10-12-6-4-5-9-15(12)16-13/h1-3,7-8,12-13,15H,4-6,9-11H2/t12-,13-,15-/m1/s1. The molecule has 1 saturated heterocycles. The summed E-state index contributed by atoms with van der Waals surface area (Å²) in [5, 5.41) is 1.27. The molecular formula is C15H20OSe. The normalized spacial score (nSPS) is 32.4. The van der Waals surface area contributed by atoms with Gasteiger partial charge in [0.1, 0.15) is 0 Å². The molecule has 0 N–H and O–H groups in total. The van der Waals surface area contributed by atoms with Gasteiger partial charge >= 0.3 is 110 Å². The summed E-state index contributed by atoms with van der Waals surface area (Å²) in [4.78, 5) is 0. The molecule has 3 rings (SSSR count). The van der Waals surface area contributed by atoms with Crippen LogP contribution in [0.1, 0.15) is 32.1 Å². The van der Waals surface area contributed by atoms with E-state index < -0.39 is 0 Å². The Kier molecular flexibility index (Phi) is 3.85. The first kappa shape index (κ1) is 11.8. The van der Waals surface area contributed by atoms with Gasteiger partial charge in [0.15, 0.2) is 0 Å². The fourth-order valence-corrected chi connectivity index (χ4v) is 5.05. The molecule has 17 heavy (non-hydrogen) atoms. The summed E-state index contributed by atoms with van der Waals surface area (Å²) >= 11 is 0.597. The van der Waals surface area contributed by atoms with Gasteiger partial charge in [0.2, 0.25) is 0 Å². The molecule has 92 valence electrons. The molecular weight excluding hydrogens is 275 g/mol. The average Bonchev–Trinajstić information content (AvgIpc) is 2.80. The van der Waals surface area contributed by atoms with Gasteiger partial charge in [-0.1, -0.05) is 0 Å². The summed E-state index contributed by atoms with van der Waals surface area (Å²) < 4.78 is 7.72. The summed E-state index contributed by atoms with van der Waals surface area (Å²) in [5.74, 6) is 0.889. The van der Waals surface area contributed by atoms with Crippen LogP contribution in [0.5, 0.6) is 0 Å². The van der Waals surface area contributed by atoms with Crippen LogP contribution in [0.2, 0.25) is 5.32 Å². The average molecular weight is 295 g/mol. The first-order valence-electron chi connectivity index (χ1n) is 6.75. The fraction of sp³-hybridized carbons (Fsp3) is 0.600. The molecule has 0 amide bonds. The topological polar surface area (TPSA) is 9.23 Å². The second-order valence-electron chi connectivity index (χ2n) is 5.20. The first-order valence-corrected chi connectivity index (χ1v) is 8.82. The van der Waals surface area contributed by atoms with Crippen LogP contribution in [0.3, 0.4) is 0 Å². The van der Waals surface area contributed by atoms with Gasteiger partial charge in [-0.2, -0.15) is 0 Å². The van der Waals surface area contributed by atoms with E-state index in [1.54, 1.807) is 0 Å². The van der Waals surface area contributed by atoms with E-state index in [-0.39, 0.29) is 0 Å². The maximum atomic E-state index is 6.20. The van der Waals surface area contributed by atoms with Gasteiger partial charge in [-0.25, -0.2) is 0 Å². The molecule has 0 unspecified atom stereocenters. The number of benzene rings is 1. The molecule has 1 saturated carbocycles. The number of fused-ring (bicyclic) bond motifs is 1. The number of ether oxygens (including phenoxy) is 1. The zero-order valence-electron chi connectivity index (χ0n) is 10.2. The zero-order valence-corrected chi connectivity index (χ0v) is 11.9. The molecule has 1 heterocycles. The predicted octanol–water partition coefficient (Wildman–Crippen LogP) is 2.78. The Morgan fingerprint density at radius 3 is 2.76 bits per heavy atom. The van der Waals surface area contributed by atoms with E-state index in [1.807, 2.05) is 0 Å². The number of hydrogen-bond acceptors (Lipinski definition) is 1. The van der Waals surface area contributed by atoms with Crippen molar-refractivity contribution in [2.45, 2.75) is 49.6 Å². The van der Waals surface area contributed by atoms with Crippen molar-refractivity contribution in [2.24, 2.45) is 5.92 Å². The van der Waals surface area contributed by atoms with Crippen LogP contribution in [-0.2, 0) is 4.74 Å². The van der Waals surface area contributed by atoms with E-state index in [2.05, 4.69) is 30.3 Å². The Morgan fingerprint density at radius 1 is 1.12 bits per heavy atom. The van der Waals surface area contributed by atoms with Crippen LogP contribution in [0.25, 0.3) is 0 Å². The van der Waals surface area contributed by atoms with Gasteiger partial charge in [0.25, 0.3) is 0 Å². The van der Waals surface area contributed by atoms with E-state index in [9.17, 15) is 0 Å². The van der Waals surface area contributed by atoms with Gasteiger partial charge in [0, 0.05) is 0 Å². The first-order chi connectivity index (χ1) is 8.42. The van der Waals surface area contributed by atoms with Gasteiger partial charge in [-0.15, -0.1) is 0 Å². The molecule has 1 aliphatic heterocycles. The van der Waals surface area contributed by atoms with Crippen LogP contribution in [0.4, 0.5) is 0 Å². The SMILES string of the molecule is c1ccc([Se]C[C@H]2C[C@H]3CCCC[C@H]3O2)cc1. The minimum absolute atomic E-state index is 0.559. The van der Waals surface area contributed by atoms with Crippen LogP contribution in [-0.4, -0.2) is 27.2 Å². The monoisotopic (exact) mass is 296 g/mol. The van der Waals surface area contributed by atoms with Gasteiger partial charge < -0.3 is 0 Å². The number of rotatable bonds is 3. The Bertz CT molecular complexity index is 337. The minimum atomic E-state index is 0.559. The van der Waals surface area contributed by atoms with E-state index in [0.29, 0.717) is 27.2 Å². The Morgan fingerprint density at radius 2 is 1.94 bits per heavy atom. The van der Waals surface area contributed by atoms with Crippen LogP contribution in [0.15, 0.2) is 30.3 Å². The molecule has 0 radical (unpaired) electrons. The van der Waals surface area contributed by atoms with Crippen LogP contribution >= 0.6 is 0 Å². The Labute approximate surface area is 110 Å². The van der Waals surface area contributed by atoms with Crippen molar-refractivity contribution < 1.29 is 4.74 Å². The van der Waals surface area contributed by atoms with Gasteiger partial charge in [-0.05, 0) is 0 Å². The number of hydrogen-bond donors (Lipinski definition) is 0. The quantitative estimate of drug-likeness (QED) is 0.779. The molecule has 1 aliphatic carbocycles. The van der Waals surface area contributed by atoms with Crippen LogP contribution in [0, 0.1) is 5.92 Å². The maximum absolute atomic E-state index is 6.20. The van der Waals surface area contributed by atoms with Crippen molar-refractivity contribution in [3.05, 3.63) is 30.3 Å².